The van der Waals surface area contributed by atoms with Gasteiger partial charge in [0.2, 0.25) is 11.8 Å². The number of nitrogens with zero attached hydrogens (tertiary/aromatic N) is 1. The summed E-state index contributed by atoms with van der Waals surface area (Å²) in [6, 6.07) is 0.107. The van der Waals surface area contributed by atoms with Gasteiger partial charge in [0.1, 0.15) is 0 Å². The lowest BCUT2D eigenvalue weighted by Crippen LogP contribution is -2.19. The van der Waals surface area contributed by atoms with E-state index < -0.39 is 0 Å². The van der Waals surface area contributed by atoms with Crippen LogP contribution in [0.1, 0.15) is 26.2 Å². The summed E-state index contributed by atoms with van der Waals surface area (Å²) in [5.74, 6) is -0.354. The lowest BCUT2D eigenvalue weighted by atomic mass is 10.1. The minimum absolute atomic E-state index is 0.107. The molecule has 0 aromatic rings. The van der Waals surface area contributed by atoms with Crippen LogP contribution < -0.4 is 0 Å². The molecule has 1 rings (SSSR count). The summed E-state index contributed by atoms with van der Waals surface area (Å²) >= 11 is 0. The molecule has 0 aliphatic carbocycles. The predicted molar refractivity (Wildman–Crippen MR) is 51.5 cm³/mol. The summed E-state index contributed by atoms with van der Waals surface area (Å²) < 4.78 is 5.75. The SMILES string of the molecule is COC(=O)C=CC[C@@H]1CCC(C)=[N+]1O. The molecule has 0 fully saturated rings. The van der Waals surface area contributed by atoms with Crippen molar-refractivity contribution >= 4 is 11.7 Å². The summed E-state index contributed by atoms with van der Waals surface area (Å²) in [5.41, 5.74) is 0.987. The Kier molecular flexibility index (Phi) is 3.68. The van der Waals surface area contributed by atoms with Gasteiger partial charge in [0.05, 0.1) is 7.11 Å². The molecule has 0 saturated heterocycles. The van der Waals surface area contributed by atoms with Crippen LogP contribution in [-0.2, 0) is 9.53 Å². The van der Waals surface area contributed by atoms with Crippen molar-refractivity contribution in [3.05, 3.63) is 12.2 Å². The van der Waals surface area contributed by atoms with Crippen LogP contribution in [0.15, 0.2) is 12.2 Å². The predicted octanol–water partition coefficient (Wildman–Crippen LogP) is 1.13. The smallest absolute Gasteiger partial charge is 0.330 e. The minimum atomic E-state index is -0.354. The van der Waals surface area contributed by atoms with Gasteiger partial charge in [-0.2, -0.15) is 0 Å². The van der Waals surface area contributed by atoms with Crippen LogP contribution in [0.3, 0.4) is 0 Å². The summed E-state index contributed by atoms with van der Waals surface area (Å²) in [6.07, 6.45) is 5.66. The van der Waals surface area contributed by atoms with E-state index in [2.05, 4.69) is 4.74 Å². The van der Waals surface area contributed by atoms with Crippen molar-refractivity contribution in [3.63, 3.8) is 0 Å². The topological polar surface area (TPSA) is 49.5 Å². The van der Waals surface area contributed by atoms with Gasteiger partial charge in [0, 0.05) is 32.3 Å². The molecule has 0 bridgehead atoms. The molecular formula is C10H16NO3+. The molecule has 1 aliphatic rings. The fourth-order valence-corrected chi connectivity index (χ4v) is 1.53. The van der Waals surface area contributed by atoms with Gasteiger partial charge >= 0.3 is 5.97 Å². The van der Waals surface area contributed by atoms with Gasteiger partial charge in [-0.05, 0) is 4.74 Å². The second-order valence-corrected chi connectivity index (χ2v) is 3.43. The number of rotatable bonds is 3. The third-order valence-electron chi connectivity index (χ3n) is 2.44. The first kappa shape index (κ1) is 10.8. The average Bonchev–Trinajstić information content (AvgIpc) is 2.49. The van der Waals surface area contributed by atoms with Crippen LogP contribution in [0, 0.1) is 0 Å². The third kappa shape index (κ3) is 2.58. The van der Waals surface area contributed by atoms with E-state index in [1.165, 1.54) is 17.9 Å². The van der Waals surface area contributed by atoms with Gasteiger partial charge in [-0.3, -0.25) is 5.21 Å². The Labute approximate surface area is 83.5 Å². The number of hydrogen-bond donors (Lipinski definition) is 1. The maximum Gasteiger partial charge on any atom is 0.330 e. The van der Waals surface area contributed by atoms with Crippen LogP contribution in [0.4, 0.5) is 0 Å². The van der Waals surface area contributed by atoms with E-state index in [1.807, 2.05) is 6.92 Å². The van der Waals surface area contributed by atoms with Gasteiger partial charge in [-0.25, -0.2) is 4.79 Å². The van der Waals surface area contributed by atoms with E-state index >= 15 is 0 Å². The van der Waals surface area contributed by atoms with Crippen molar-refractivity contribution in [2.24, 2.45) is 0 Å². The van der Waals surface area contributed by atoms with Crippen molar-refractivity contribution in [1.29, 1.82) is 0 Å². The number of hydroxylamine groups is 1. The first-order valence-corrected chi connectivity index (χ1v) is 4.70. The van der Waals surface area contributed by atoms with Crippen molar-refractivity contribution in [1.82, 2.24) is 0 Å². The molecule has 0 radical (unpaired) electrons. The lowest BCUT2D eigenvalue weighted by Gasteiger charge is -1.99. The molecule has 0 amide bonds. The standard InChI is InChI=1S/C10H16NO3/c1-8-6-7-9(11(8)13)4-3-5-10(12)14-2/h3,5,9,13H,4,6-7H2,1-2H3/q+1/t9-/m1/s1. The highest BCUT2D eigenvalue weighted by Crippen LogP contribution is 2.14. The maximum absolute atomic E-state index is 10.7. The van der Waals surface area contributed by atoms with E-state index in [4.69, 9.17) is 0 Å². The fraction of sp³-hybridized carbons (Fsp3) is 0.600. The Balaban J connectivity index is 2.40. The Morgan fingerprint density at radius 3 is 3.00 bits per heavy atom. The van der Waals surface area contributed by atoms with Crippen molar-refractivity contribution in [2.75, 3.05) is 7.11 Å². The molecule has 0 saturated carbocycles. The van der Waals surface area contributed by atoms with Crippen molar-refractivity contribution in [2.45, 2.75) is 32.2 Å². The molecule has 0 unspecified atom stereocenters. The average molecular weight is 198 g/mol. The minimum Gasteiger partial charge on any atom is -0.466 e. The van der Waals surface area contributed by atoms with E-state index in [9.17, 15) is 10.0 Å². The number of methoxy groups -OCH3 is 1. The molecule has 4 heteroatoms. The van der Waals surface area contributed by atoms with Gasteiger partial charge in [-0.1, -0.05) is 6.08 Å². The Hall–Kier alpha value is -1.32. The monoisotopic (exact) mass is 198 g/mol. The number of ether oxygens (including phenoxy) is 1. The zero-order valence-electron chi connectivity index (χ0n) is 8.56. The summed E-state index contributed by atoms with van der Waals surface area (Å²) in [4.78, 5) is 10.7. The Morgan fingerprint density at radius 1 is 1.79 bits per heavy atom. The van der Waals surface area contributed by atoms with E-state index in [1.54, 1.807) is 6.08 Å². The van der Waals surface area contributed by atoms with E-state index in [-0.39, 0.29) is 12.0 Å². The summed E-state index contributed by atoms with van der Waals surface area (Å²) in [6.45, 7) is 1.91. The molecule has 14 heavy (non-hydrogen) atoms. The lowest BCUT2D eigenvalue weighted by molar-refractivity contribution is -0.794. The van der Waals surface area contributed by atoms with Crippen molar-refractivity contribution < 1.29 is 19.5 Å². The molecule has 1 aliphatic heterocycles. The summed E-state index contributed by atoms with van der Waals surface area (Å²) in [7, 11) is 1.35. The first-order chi connectivity index (χ1) is 6.65. The third-order valence-corrected chi connectivity index (χ3v) is 2.44. The quantitative estimate of drug-likeness (QED) is 0.320. The molecule has 0 aromatic carbocycles. The second kappa shape index (κ2) is 4.79. The van der Waals surface area contributed by atoms with Crippen LogP contribution in [0.5, 0.6) is 0 Å². The Bertz CT molecular complexity index is 281. The highest BCUT2D eigenvalue weighted by molar-refractivity contribution is 5.81. The number of carbonyl (C=O) groups excluding carboxylic acids is 1. The van der Waals surface area contributed by atoms with Crippen LogP contribution in [0.2, 0.25) is 0 Å². The largest absolute Gasteiger partial charge is 0.466 e. The number of hydrogen-bond acceptors (Lipinski definition) is 3. The normalized spacial score (nSPS) is 22.0. The molecule has 0 aromatic heterocycles. The van der Waals surface area contributed by atoms with Crippen LogP contribution in [0.25, 0.3) is 0 Å². The van der Waals surface area contributed by atoms with E-state index in [0.717, 1.165) is 18.6 Å². The highest BCUT2D eigenvalue weighted by atomic mass is 16.5. The zero-order valence-corrected chi connectivity index (χ0v) is 8.56. The molecule has 1 atom stereocenters. The first-order valence-electron chi connectivity index (χ1n) is 4.70. The summed E-state index contributed by atoms with van der Waals surface area (Å²) in [5, 5.41) is 9.53. The fourth-order valence-electron chi connectivity index (χ4n) is 1.53. The molecular weight excluding hydrogens is 182 g/mol. The molecule has 0 spiro atoms. The second-order valence-electron chi connectivity index (χ2n) is 3.43. The van der Waals surface area contributed by atoms with Gasteiger partial charge < -0.3 is 4.74 Å². The maximum atomic E-state index is 10.7. The van der Waals surface area contributed by atoms with E-state index in [0.29, 0.717) is 6.42 Å². The van der Waals surface area contributed by atoms with Gasteiger partial charge in [0.25, 0.3) is 0 Å². The molecule has 78 valence electrons. The van der Waals surface area contributed by atoms with Crippen LogP contribution >= 0.6 is 0 Å². The molecule has 1 heterocycles. The highest BCUT2D eigenvalue weighted by Gasteiger charge is 2.29. The molecule has 4 nitrogen and oxygen atoms in total. The van der Waals surface area contributed by atoms with Gasteiger partial charge in [0.15, 0.2) is 0 Å². The molecule has 1 N–H and O–H groups in total. The van der Waals surface area contributed by atoms with Crippen molar-refractivity contribution in [3.8, 4) is 0 Å². The number of esters is 1. The Morgan fingerprint density at radius 2 is 2.50 bits per heavy atom. The van der Waals surface area contributed by atoms with Gasteiger partial charge in [-0.15, -0.1) is 0 Å². The van der Waals surface area contributed by atoms with Crippen LogP contribution in [-0.4, -0.2) is 34.8 Å². The zero-order chi connectivity index (χ0) is 10.6. The number of carbonyl (C=O) groups is 1.